The lowest BCUT2D eigenvalue weighted by molar-refractivity contribution is 0.102. The highest BCUT2D eigenvalue weighted by Crippen LogP contribution is 2.24. The second kappa shape index (κ2) is 7.78. The minimum Gasteiger partial charge on any atom is -0.301 e. The first kappa shape index (κ1) is 18.9. The van der Waals surface area contributed by atoms with E-state index in [1.165, 1.54) is 4.31 Å². The maximum absolute atomic E-state index is 12.7. The molecule has 8 nitrogen and oxygen atoms in total. The number of aromatic nitrogens is 2. The van der Waals surface area contributed by atoms with Crippen molar-refractivity contribution in [3.05, 3.63) is 35.4 Å². The minimum absolute atomic E-state index is 0.0957. The lowest BCUT2D eigenvalue weighted by Gasteiger charge is -2.32. The number of piperazine rings is 1. The predicted molar refractivity (Wildman–Crippen MR) is 99.9 cm³/mol. The second-order valence-electron chi connectivity index (χ2n) is 6.03. The molecule has 1 fully saturated rings. The Bertz CT molecular complexity index is 872. The molecule has 26 heavy (non-hydrogen) atoms. The van der Waals surface area contributed by atoms with Crippen molar-refractivity contribution in [2.75, 3.05) is 38.0 Å². The van der Waals surface area contributed by atoms with Gasteiger partial charge in [0.25, 0.3) is 15.9 Å². The van der Waals surface area contributed by atoms with Gasteiger partial charge in [0.2, 0.25) is 9.47 Å². The number of carbonyl (C=O) groups excluding carboxylic acids is 1. The van der Waals surface area contributed by atoms with Gasteiger partial charge in [0.05, 0.1) is 0 Å². The van der Waals surface area contributed by atoms with E-state index in [4.69, 9.17) is 0 Å². The largest absolute Gasteiger partial charge is 0.301 e. The van der Waals surface area contributed by atoms with Crippen LogP contribution in [0.5, 0.6) is 0 Å². The molecule has 10 heteroatoms. The summed E-state index contributed by atoms with van der Waals surface area (Å²) >= 11 is 0.869. The van der Waals surface area contributed by atoms with Crippen molar-refractivity contribution in [2.45, 2.75) is 18.2 Å². The SMILES string of the molecule is CCN1CCN(S(=O)(=O)c2nnc(NC(=O)c3ccc(C)cc3)s2)CC1. The molecule has 1 amide bonds. The number of sulfonamides is 1. The van der Waals surface area contributed by atoms with Gasteiger partial charge < -0.3 is 4.90 Å². The monoisotopic (exact) mass is 395 g/mol. The van der Waals surface area contributed by atoms with Crippen LogP contribution in [0.2, 0.25) is 0 Å². The molecule has 1 saturated heterocycles. The zero-order valence-corrected chi connectivity index (χ0v) is 16.3. The van der Waals surface area contributed by atoms with Crippen molar-refractivity contribution in [3.8, 4) is 0 Å². The normalized spacial score (nSPS) is 16.5. The Kier molecular flexibility index (Phi) is 5.66. The van der Waals surface area contributed by atoms with E-state index in [0.29, 0.717) is 31.7 Å². The van der Waals surface area contributed by atoms with E-state index < -0.39 is 10.0 Å². The molecule has 1 aliphatic heterocycles. The van der Waals surface area contributed by atoms with E-state index in [1.807, 2.05) is 19.1 Å². The summed E-state index contributed by atoms with van der Waals surface area (Å²) in [5, 5.41) is 10.4. The lowest BCUT2D eigenvalue weighted by atomic mass is 10.1. The highest BCUT2D eigenvalue weighted by Gasteiger charge is 2.31. The number of carbonyl (C=O) groups is 1. The Morgan fingerprint density at radius 3 is 2.42 bits per heavy atom. The van der Waals surface area contributed by atoms with Gasteiger partial charge in [-0.2, -0.15) is 4.31 Å². The van der Waals surface area contributed by atoms with Gasteiger partial charge in [-0.25, -0.2) is 8.42 Å². The molecule has 0 bridgehead atoms. The fourth-order valence-electron chi connectivity index (χ4n) is 2.64. The third-order valence-corrected chi connectivity index (χ3v) is 7.36. The van der Waals surface area contributed by atoms with Gasteiger partial charge in [0, 0.05) is 31.7 Å². The first-order valence-electron chi connectivity index (χ1n) is 8.34. The molecule has 1 N–H and O–H groups in total. The van der Waals surface area contributed by atoms with E-state index >= 15 is 0 Å². The summed E-state index contributed by atoms with van der Waals surface area (Å²) in [6, 6.07) is 7.08. The molecule has 140 valence electrons. The zero-order valence-electron chi connectivity index (χ0n) is 14.7. The molecule has 0 unspecified atom stereocenters. The standard InChI is InChI=1S/C16H21N5O3S2/c1-3-20-8-10-21(11-9-20)26(23,24)16-19-18-15(25-16)17-14(22)13-6-4-12(2)5-7-13/h4-7H,3,8-11H2,1-2H3,(H,17,18,22). The molecular weight excluding hydrogens is 374 g/mol. The van der Waals surface area contributed by atoms with Crippen LogP contribution >= 0.6 is 11.3 Å². The van der Waals surface area contributed by atoms with Gasteiger partial charge >= 0.3 is 0 Å². The van der Waals surface area contributed by atoms with Crippen LogP contribution in [0.25, 0.3) is 0 Å². The molecular formula is C16H21N5O3S2. The average Bonchev–Trinajstić information content (AvgIpc) is 3.11. The first-order valence-corrected chi connectivity index (χ1v) is 10.6. The smallest absolute Gasteiger partial charge is 0.272 e. The molecule has 0 spiro atoms. The Morgan fingerprint density at radius 1 is 1.15 bits per heavy atom. The summed E-state index contributed by atoms with van der Waals surface area (Å²) in [7, 11) is -3.68. The summed E-state index contributed by atoms with van der Waals surface area (Å²) in [4.78, 5) is 14.4. The lowest BCUT2D eigenvalue weighted by Crippen LogP contribution is -2.48. The Morgan fingerprint density at radius 2 is 1.81 bits per heavy atom. The number of anilines is 1. The van der Waals surface area contributed by atoms with Crippen molar-refractivity contribution in [3.63, 3.8) is 0 Å². The van der Waals surface area contributed by atoms with Crippen LogP contribution in [0.3, 0.4) is 0 Å². The number of benzene rings is 1. The molecule has 2 heterocycles. The van der Waals surface area contributed by atoms with Crippen molar-refractivity contribution < 1.29 is 13.2 Å². The Labute approximate surface area is 156 Å². The van der Waals surface area contributed by atoms with Gasteiger partial charge in [-0.15, -0.1) is 10.2 Å². The number of hydrogen-bond donors (Lipinski definition) is 1. The van der Waals surface area contributed by atoms with Gasteiger partial charge in [-0.1, -0.05) is 36.0 Å². The molecule has 3 rings (SSSR count). The quantitative estimate of drug-likeness (QED) is 0.770. The molecule has 0 saturated carbocycles. The van der Waals surface area contributed by atoms with Gasteiger partial charge in [0.1, 0.15) is 0 Å². The fraction of sp³-hybridized carbons (Fsp3) is 0.438. The van der Waals surface area contributed by atoms with Crippen molar-refractivity contribution >= 4 is 32.4 Å². The van der Waals surface area contributed by atoms with Gasteiger partial charge in [-0.3, -0.25) is 10.1 Å². The average molecular weight is 396 g/mol. The van der Waals surface area contributed by atoms with E-state index in [9.17, 15) is 13.2 Å². The van der Waals surface area contributed by atoms with Crippen LogP contribution in [0.4, 0.5) is 5.13 Å². The zero-order chi connectivity index (χ0) is 18.7. The third kappa shape index (κ3) is 4.09. The third-order valence-electron chi connectivity index (χ3n) is 4.28. The van der Waals surface area contributed by atoms with Gasteiger partial charge in [-0.05, 0) is 25.6 Å². The molecule has 0 atom stereocenters. The first-order chi connectivity index (χ1) is 12.4. The molecule has 1 aromatic carbocycles. The summed E-state index contributed by atoms with van der Waals surface area (Å²) in [6.45, 7) is 7.16. The molecule has 0 radical (unpaired) electrons. The maximum atomic E-state index is 12.7. The van der Waals surface area contributed by atoms with Gasteiger partial charge in [0.15, 0.2) is 0 Å². The van der Waals surface area contributed by atoms with Crippen LogP contribution in [0.1, 0.15) is 22.8 Å². The number of nitrogens with one attached hydrogen (secondary N) is 1. The molecule has 2 aromatic rings. The van der Waals surface area contributed by atoms with Crippen LogP contribution in [-0.2, 0) is 10.0 Å². The van der Waals surface area contributed by atoms with Crippen LogP contribution in [-0.4, -0.2) is 66.5 Å². The second-order valence-corrected chi connectivity index (χ2v) is 9.12. The van der Waals surface area contributed by atoms with Crippen LogP contribution in [0.15, 0.2) is 28.6 Å². The van der Waals surface area contributed by atoms with Crippen LogP contribution < -0.4 is 5.32 Å². The number of hydrogen-bond acceptors (Lipinski definition) is 7. The minimum atomic E-state index is -3.68. The van der Waals surface area contributed by atoms with E-state index in [0.717, 1.165) is 23.4 Å². The number of rotatable bonds is 5. The number of nitrogens with zero attached hydrogens (tertiary/aromatic N) is 4. The highest BCUT2D eigenvalue weighted by molar-refractivity contribution is 7.91. The summed E-state index contributed by atoms with van der Waals surface area (Å²) in [6.07, 6.45) is 0. The van der Waals surface area contributed by atoms with Crippen LogP contribution in [0, 0.1) is 6.92 Å². The Hall–Kier alpha value is -1.88. The fourth-order valence-corrected chi connectivity index (χ4v) is 5.09. The Balaban J connectivity index is 1.69. The summed E-state index contributed by atoms with van der Waals surface area (Å²) < 4.78 is 26.7. The van der Waals surface area contributed by atoms with E-state index in [1.54, 1.807) is 12.1 Å². The number of likely N-dealkylation sites (N-methyl/N-ethyl adjacent to an activating group) is 1. The molecule has 1 aromatic heterocycles. The predicted octanol–water partition coefficient (Wildman–Crippen LogP) is 1.43. The molecule has 0 aliphatic carbocycles. The molecule has 1 aliphatic rings. The maximum Gasteiger partial charge on any atom is 0.272 e. The topological polar surface area (TPSA) is 95.5 Å². The summed E-state index contributed by atoms with van der Waals surface area (Å²) in [5.74, 6) is -0.346. The highest BCUT2D eigenvalue weighted by atomic mass is 32.2. The van der Waals surface area contributed by atoms with Crippen molar-refractivity contribution in [1.29, 1.82) is 0 Å². The van der Waals surface area contributed by atoms with Crippen molar-refractivity contribution in [1.82, 2.24) is 19.4 Å². The van der Waals surface area contributed by atoms with E-state index in [-0.39, 0.29) is 15.4 Å². The number of aryl methyl sites for hydroxylation is 1. The van der Waals surface area contributed by atoms with Crippen molar-refractivity contribution in [2.24, 2.45) is 0 Å². The number of amides is 1. The summed E-state index contributed by atoms with van der Waals surface area (Å²) in [5.41, 5.74) is 1.53. The van der Waals surface area contributed by atoms with E-state index in [2.05, 4.69) is 27.3 Å².